The van der Waals surface area contributed by atoms with Crippen molar-refractivity contribution in [3.8, 4) is 0 Å². The summed E-state index contributed by atoms with van der Waals surface area (Å²) in [7, 11) is 1.38. The zero-order chi connectivity index (χ0) is 19.3. The van der Waals surface area contributed by atoms with Crippen LogP contribution in [0.25, 0.3) is 10.9 Å². The smallest absolute Gasteiger partial charge is 0.336 e. The van der Waals surface area contributed by atoms with Gasteiger partial charge in [-0.25, -0.2) is 4.79 Å². The first kappa shape index (κ1) is 17.6. The van der Waals surface area contributed by atoms with E-state index in [9.17, 15) is 9.59 Å². The van der Waals surface area contributed by atoms with E-state index in [2.05, 4.69) is 24.1 Å². The van der Waals surface area contributed by atoms with E-state index >= 15 is 0 Å². The van der Waals surface area contributed by atoms with Crippen molar-refractivity contribution in [1.29, 1.82) is 0 Å². The molecule has 0 bridgehead atoms. The predicted octanol–water partition coefficient (Wildman–Crippen LogP) is 3.94. The standard InChI is InChI=1S/C22H24N2O3/c1-12-18(21(26)27-4)19(14-11-23-15-8-6-5-7-13(14)15)20-16(24-12)9-22(2,3)10-17(20)25/h5-8,11,19,23-24H,9-10H2,1-4H3. The summed E-state index contributed by atoms with van der Waals surface area (Å²) in [5, 5.41) is 4.35. The molecule has 2 aromatic rings. The van der Waals surface area contributed by atoms with Gasteiger partial charge < -0.3 is 15.0 Å². The van der Waals surface area contributed by atoms with Crippen molar-refractivity contribution >= 4 is 22.7 Å². The van der Waals surface area contributed by atoms with Gasteiger partial charge in [0.25, 0.3) is 0 Å². The van der Waals surface area contributed by atoms with Crippen molar-refractivity contribution in [3.63, 3.8) is 0 Å². The molecule has 1 aliphatic heterocycles. The Kier molecular flexibility index (Phi) is 3.98. The van der Waals surface area contributed by atoms with Crippen LogP contribution >= 0.6 is 0 Å². The summed E-state index contributed by atoms with van der Waals surface area (Å²) in [6, 6.07) is 7.95. The molecule has 0 spiro atoms. The van der Waals surface area contributed by atoms with Crippen molar-refractivity contribution in [1.82, 2.24) is 10.3 Å². The minimum Gasteiger partial charge on any atom is -0.466 e. The van der Waals surface area contributed by atoms with Gasteiger partial charge in [0.15, 0.2) is 5.78 Å². The lowest BCUT2D eigenvalue weighted by Gasteiger charge is -2.39. The molecule has 5 nitrogen and oxygen atoms in total. The zero-order valence-corrected chi connectivity index (χ0v) is 16.1. The number of nitrogens with one attached hydrogen (secondary N) is 2. The number of esters is 1. The zero-order valence-electron chi connectivity index (χ0n) is 16.1. The second kappa shape index (κ2) is 6.12. The highest BCUT2D eigenvalue weighted by Crippen LogP contribution is 2.47. The molecule has 2 heterocycles. The van der Waals surface area contributed by atoms with Crippen LogP contribution in [0.1, 0.15) is 45.1 Å². The van der Waals surface area contributed by atoms with Gasteiger partial charge in [-0.05, 0) is 30.4 Å². The number of dihydropyridines is 1. The Morgan fingerprint density at radius 2 is 1.96 bits per heavy atom. The summed E-state index contributed by atoms with van der Waals surface area (Å²) >= 11 is 0. The number of allylic oxidation sites excluding steroid dienone is 3. The lowest BCUT2D eigenvalue weighted by atomic mass is 9.68. The number of Topliss-reactive ketones (excluding diaryl/α,β-unsaturated/α-hetero) is 1. The SMILES string of the molecule is COC(=O)C1=C(C)NC2=C(C(=O)CC(C)(C)C2)C1c1c[nH]c2ccccc12. The number of carbonyl (C=O) groups is 2. The summed E-state index contributed by atoms with van der Waals surface area (Å²) in [4.78, 5) is 29.1. The summed E-state index contributed by atoms with van der Waals surface area (Å²) in [5.74, 6) is -0.731. The summed E-state index contributed by atoms with van der Waals surface area (Å²) in [6.07, 6.45) is 3.16. The molecule has 0 saturated heterocycles. The summed E-state index contributed by atoms with van der Waals surface area (Å²) < 4.78 is 5.08. The van der Waals surface area contributed by atoms with Gasteiger partial charge >= 0.3 is 5.97 Å². The molecule has 2 aliphatic rings. The molecular formula is C22H24N2O3. The van der Waals surface area contributed by atoms with Crippen LogP contribution < -0.4 is 5.32 Å². The van der Waals surface area contributed by atoms with Crippen LogP contribution in [0.15, 0.2) is 53.0 Å². The van der Waals surface area contributed by atoms with Gasteiger partial charge in [-0.15, -0.1) is 0 Å². The maximum Gasteiger partial charge on any atom is 0.336 e. The first-order valence-corrected chi connectivity index (χ1v) is 9.21. The average molecular weight is 364 g/mol. The minimum absolute atomic E-state index is 0.0953. The summed E-state index contributed by atoms with van der Waals surface area (Å²) in [6.45, 7) is 6.09. The Hall–Kier alpha value is -2.82. The second-order valence-corrected chi connectivity index (χ2v) is 8.21. The number of benzene rings is 1. The molecule has 0 radical (unpaired) electrons. The molecule has 1 aromatic carbocycles. The van der Waals surface area contributed by atoms with Crippen LogP contribution in [-0.2, 0) is 14.3 Å². The number of ether oxygens (including phenoxy) is 1. The van der Waals surface area contributed by atoms with Crippen molar-refractivity contribution in [3.05, 3.63) is 58.6 Å². The molecule has 1 atom stereocenters. The van der Waals surface area contributed by atoms with E-state index in [0.29, 0.717) is 17.6 Å². The molecular weight excluding hydrogens is 340 g/mol. The maximum absolute atomic E-state index is 13.2. The van der Waals surface area contributed by atoms with Crippen LogP contribution in [0.3, 0.4) is 0 Å². The molecule has 2 N–H and O–H groups in total. The predicted molar refractivity (Wildman–Crippen MR) is 104 cm³/mol. The van der Waals surface area contributed by atoms with Crippen LogP contribution in [0.4, 0.5) is 0 Å². The molecule has 0 amide bonds. The van der Waals surface area contributed by atoms with Gasteiger partial charge in [0.1, 0.15) is 0 Å². The third-order valence-corrected chi connectivity index (χ3v) is 5.58. The highest BCUT2D eigenvalue weighted by Gasteiger charge is 2.43. The van der Waals surface area contributed by atoms with E-state index in [4.69, 9.17) is 4.74 Å². The van der Waals surface area contributed by atoms with Crippen molar-refractivity contribution in [2.45, 2.75) is 39.5 Å². The van der Waals surface area contributed by atoms with E-state index in [-0.39, 0.29) is 11.2 Å². The summed E-state index contributed by atoms with van der Waals surface area (Å²) in [5.41, 5.74) is 4.71. The molecule has 0 saturated carbocycles. The minimum atomic E-state index is -0.423. The number of fused-ring (bicyclic) bond motifs is 1. The number of hydrogen-bond donors (Lipinski definition) is 2. The van der Waals surface area contributed by atoms with Crippen LogP contribution in [0.2, 0.25) is 0 Å². The molecule has 1 aromatic heterocycles. The highest BCUT2D eigenvalue weighted by molar-refractivity contribution is 6.05. The number of aromatic nitrogens is 1. The van der Waals surface area contributed by atoms with Gasteiger partial charge in [0, 0.05) is 40.5 Å². The van der Waals surface area contributed by atoms with Gasteiger partial charge in [-0.2, -0.15) is 0 Å². The van der Waals surface area contributed by atoms with E-state index in [1.807, 2.05) is 37.4 Å². The average Bonchev–Trinajstić information content (AvgIpc) is 3.02. The van der Waals surface area contributed by atoms with Crippen molar-refractivity contribution < 1.29 is 14.3 Å². The van der Waals surface area contributed by atoms with Crippen LogP contribution in [-0.4, -0.2) is 23.8 Å². The fourth-order valence-electron chi connectivity index (χ4n) is 4.46. The van der Waals surface area contributed by atoms with Crippen molar-refractivity contribution in [2.24, 2.45) is 5.41 Å². The quantitative estimate of drug-likeness (QED) is 0.792. The van der Waals surface area contributed by atoms with Gasteiger partial charge in [0.2, 0.25) is 0 Å². The van der Waals surface area contributed by atoms with Crippen LogP contribution in [0, 0.1) is 5.41 Å². The fourth-order valence-corrected chi connectivity index (χ4v) is 4.46. The largest absolute Gasteiger partial charge is 0.466 e. The number of hydrogen-bond acceptors (Lipinski definition) is 4. The second-order valence-electron chi connectivity index (χ2n) is 8.21. The Balaban J connectivity index is 1.97. The molecule has 4 rings (SSSR count). The molecule has 27 heavy (non-hydrogen) atoms. The Morgan fingerprint density at radius 3 is 2.70 bits per heavy atom. The van der Waals surface area contributed by atoms with Crippen LogP contribution in [0.5, 0.6) is 0 Å². The van der Waals surface area contributed by atoms with Crippen molar-refractivity contribution in [2.75, 3.05) is 7.11 Å². The topological polar surface area (TPSA) is 71.2 Å². The number of aromatic amines is 1. The number of para-hydroxylation sites is 1. The number of methoxy groups -OCH3 is 1. The number of carbonyl (C=O) groups excluding carboxylic acids is 2. The van der Waals surface area contributed by atoms with E-state index < -0.39 is 11.9 Å². The highest BCUT2D eigenvalue weighted by atomic mass is 16.5. The number of rotatable bonds is 2. The molecule has 1 aliphatic carbocycles. The van der Waals surface area contributed by atoms with Gasteiger partial charge in [0.05, 0.1) is 18.6 Å². The van der Waals surface area contributed by atoms with Gasteiger partial charge in [-0.1, -0.05) is 32.0 Å². The molecule has 140 valence electrons. The lowest BCUT2D eigenvalue weighted by Crippen LogP contribution is -2.38. The third kappa shape index (κ3) is 2.78. The lowest BCUT2D eigenvalue weighted by molar-refractivity contribution is -0.136. The Bertz CT molecular complexity index is 1020. The first-order chi connectivity index (χ1) is 12.8. The first-order valence-electron chi connectivity index (χ1n) is 9.21. The monoisotopic (exact) mass is 364 g/mol. The Morgan fingerprint density at radius 1 is 1.22 bits per heavy atom. The normalized spacial score (nSPS) is 21.9. The molecule has 1 unspecified atom stereocenters. The van der Waals surface area contributed by atoms with Gasteiger partial charge in [-0.3, -0.25) is 4.79 Å². The fraction of sp³-hybridized carbons (Fsp3) is 0.364. The van der Waals surface area contributed by atoms with E-state index in [1.54, 1.807) is 0 Å². The number of ketones is 1. The van der Waals surface area contributed by atoms with E-state index in [0.717, 1.165) is 34.3 Å². The molecule has 0 fully saturated rings. The third-order valence-electron chi connectivity index (χ3n) is 5.58. The number of H-pyrrole nitrogens is 1. The maximum atomic E-state index is 13.2. The molecule has 5 heteroatoms. The van der Waals surface area contributed by atoms with E-state index in [1.165, 1.54) is 7.11 Å². The Labute approximate surface area is 158 Å².